The van der Waals surface area contributed by atoms with E-state index in [0.717, 1.165) is 30.3 Å². The van der Waals surface area contributed by atoms with Gasteiger partial charge in [0.2, 0.25) is 0 Å². The second-order valence-electron chi connectivity index (χ2n) is 9.65. The minimum Gasteiger partial charge on any atom is -0.381 e. The number of halogens is 3. The Bertz CT molecular complexity index is 1100. The average Bonchev–Trinajstić information content (AvgIpc) is 2.75. The summed E-state index contributed by atoms with van der Waals surface area (Å²) in [6.07, 6.45) is 3.67. The van der Waals surface area contributed by atoms with Gasteiger partial charge in [0, 0.05) is 36.7 Å². The maximum absolute atomic E-state index is 13.0. The number of rotatable bonds is 1. The molecule has 7 rings (SSSR count). The lowest BCUT2D eigenvalue weighted by Crippen LogP contribution is -2.70. The van der Waals surface area contributed by atoms with Gasteiger partial charge in [-0.2, -0.15) is 13.2 Å². The molecular formula is C26H31F3N4O. The molecule has 0 spiro atoms. The van der Waals surface area contributed by atoms with E-state index >= 15 is 0 Å². The Labute approximate surface area is 198 Å². The summed E-state index contributed by atoms with van der Waals surface area (Å²) in [6, 6.07) is 7.62. The largest absolute Gasteiger partial charge is 0.394 e. The van der Waals surface area contributed by atoms with Crippen LogP contribution in [0.2, 0.25) is 0 Å². The van der Waals surface area contributed by atoms with Gasteiger partial charge in [-0.05, 0) is 77.5 Å². The number of hydrogen-bond donors (Lipinski definition) is 0. The summed E-state index contributed by atoms with van der Waals surface area (Å²) in [7, 11) is 0. The molecule has 3 aromatic rings. The topological polar surface area (TPSA) is 60.8 Å². The monoisotopic (exact) mass is 472 g/mol. The number of nitrogens with zero attached hydrogens (tertiary/aromatic N) is 4. The second-order valence-corrected chi connectivity index (χ2v) is 9.65. The number of fused-ring (bicyclic) bond motifs is 1. The van der Waals surface area contributed by atoms with Crippen molar-refractivity contribution in [1.82, 2.24) is 19.9 Å². The number of ether oxygens (including phenoxy) is 1. The van der Waals surface area contributed by atoms with E-state index in [4.69, 9.17) is 4.74 Å². The molecule has 0 amide bonds. The van der Waals surface area contributed by atoms with Crippen LogP contribution in [0.25, 0.3) is 11.0 Å². The van der Waals surface area contributed by atoms with E-state index < -0.39 is 17.0 Å². The summed E-state index contributed by atoms with van der Waals surface area (Å²) < 4.78 is 44.0. The summed E-state index contributed by atoms with van der Waals surface area (Å²) in [5.74, 6) is 0. The molecule has 4 fully saturated rings. The molecule has 0 atom stereocenters. The summed E-state index contributed by atoms with van der Waals surface area (Å²) in [6.45, 7) is 7.71. The van der Waals surface area contributed by atoms with Crippen LogP contribution >= 0.6 is 0 Å². The molecule has 8 heteroatoms. The highest BCUT2D eigenvalue weighted by atomic mass is 19.4. The highest BCUT2D eigenvalue weighted by molar-refractivity contribution is 5.78. The van der Waals surface area contributed by atoms with Crippen molar-refractivity contribution in [3.8, 4) is 0 Å². The van der Waals surface area contributed by atoms with E-state index in [-0.39, 0.29) is 19.3 Å². The van der Waals surface area contributed by atoms with Crippen LogP contribution in [0, 0.1) is 26.2 Å². The minimum atomic E-state index is -4.10. The average molecular weight is 473 g/mol. The maximum atomic E-state index is 13.0. The fourth-order valence-electron chi connectivity index (χ4n) is 5.02. The molecule has 1 aliphatic heterocycles. The van der Waals surface area contributed by atoms with Crippen LogP contribution in [0.1, 0.15) is 61.3 Å². The van der Waals surface area contributed by atoms with Gasteiger partial charge in [-0.15, -0.1) is 0 Å². The van der Waals surface area contributed by atoms with Crippen LogP contribution in [-0.4, -0.2) is 39.3 Å². The number of hydrogen-bond acceptors (Lipinski definition) is 5. The van der Waals surface area contributed by atoms with Crippen LogP contribution < -0.4 is 0 Å². The lowest BCUT2D eigenvalue weighted by atomic mass is 9.34. The molecule has 0 unspecified atom stereocenters. The molecule has 3 aliphatic carbocycles. The third-order valence-corrected chi connectivity index (χ3v) is 7.02. The molecule has 0 N–H and O–H groups in total. The Kier molecular flexibility index (Phi) is 6.90. The van der Waals surface area contributed by atoms with Crippen molar-refractivity contribution in [1.29, 1.82) is 0 Å². The molecule has 182 valence electrons. The fraction of sp³-hybridized carbons (Fsp3) is 0.538. The van der Waals surface area contributed by atoms with Gasteiger partial charge < -0.3 is 4.74 Å². The Morgan fingerprint density at radius 3 is 1.97 bits per heavy atom. The summed E-state index contributed by atoms with van der Waals surface area (Å²) in [5.41, 5.74) is 2.88. The van der Waals surface area contributed by atoms with E-state index in [0.29, 0.717) is 16.7 Å². The standard InChI is InChI=1S/C15H14F3N3.C6H7N.C5H10O/c1-8-9(2)21-11-10(20-8)3-4-19-12(11)13-5-14(6-13,7-13)15(16,17)18;1-6-4-2-3-5-7-6;1-2-4-6-5-3-1/h3-4H,5-7H2,1-2H3;2-5H,1H3;1-5H2. The molecular weight excluding hydrogens is 441 g/mol. The molecule has 1 saturated heterocycles. The van der Waals surface area contributed by atoms with Crippen molar-refractivity contribution in [2.75, 3.05) is 13.2 Å². The second kappa shape index (κ2) is 9.56. The highest BCUT2D eigenvalue weighted by Gasteiger charge is 2.79. The van der Waals surface area contributed by atoms with Gasteiger partial charge >= 0.3 is 6.18 Å². The van der Waals surface area contributed by atoms with E-state index in [1.807, 2.05) is 39.0 Å². The van der Waals surface area contributed by atoms with E-state index in [9.17, 15) is 13.2 Å². The zero-order valence-electron chi connectivity index (χ0n) is 20.0. The normalized spacial score (nSPS) is 25.1. The van der Waals surface area contributed by atoms with Gasteiger partial charge in [0.1, 0.15) is 5.52 Å². The SMILES string of the molecule is C1CCOCC1.Cc1ccccn1.Cc1nc2ccnc(C34CC(C(F)(F)F)(C3)C4)c2nc1C. The lowest BCUT2D eigenvalue weighted by Gasteiger charge is -2.70. The van der Waals surface area contributed by atoms with Crippen molar-refractivity contribution < 1.29 is 17.9 Å². The molecule has 3 aromatic heterocycles. The number of alkyl halides is 3. The predicted octanol–water partition coefficient (Wildman–Crippen LogP) is 6.20. The van der Waals surface area contributed by atoms with Crippen molar-refractivity contribution >= 4 is 11.0 Å². The van der Waals surface area contributed by atoms with Gasteiger partial charge in [0.05, 0.1) is 28.0 Å². The summed E-state index contributed by atoms with van der Waals surface area (Å²) in [4.78, 5) is 17.3. The first-order chi connectivity index (χ1) is 16.2. The summed E-state index contributed by atoms with van der Waals surface area (Å²) >= 11 is 0. The third-order valence-electron chi connectivity index (χ3n) is 7.02. The number of aryl methyl sites for hydroxylation is 3. The summed E-state index contributed by atoms with van der Waals surface area (Å²) in [5, 5.41) is 0. The van der Waals surface area contributed by atoms with Crippen LogP contribution in [0.3, 0.4) is 0 Å². The first-order valence-electron chi connectivity index (χ1n) is 11.8. The van der Waals surface area contributed by atoms with Gasteiger partial charge in [-0.1, -0.05) is 6.07 Å². The van der Waals surface area contributed by atoms with Crippen LogP contribution in [0.15, 0.2) is 36.7 Å². The molecule has 34 heavy (non-hydrogen) atoms. The quantitative estimate of drug-likeness (QED) is 0.422. The van der Waals surface area contributed by atoms with Crippen LogP contribution in [-0.2, 0) is 10.2 Å². The van der Waals surface area contributed by atoms with Crippen molar-refractivity contribution in [3.05, 3.63) is 59.4 Å². The lowest BCUT2D eigenvalue weighted by molar-refractivity contribution is -0.337. The Morgan fingerprint density at radius 1 is 0.824 bits per heavy atom. The Balaban J connectivity index is 0.000000172. The number of aromatic nitrogens is 4. The molecule has 0 aromatic carbocycles. The van der Waals surface area contributed by atoms with Crippen molar-refractivity contribution in [3.63, 3.8) is 0 Å². The van der Waals surface area contributed by atoms with Crippen LogP contribution in [0.4, 0.5) is 13.2 Å². The van der Waals surface area contributed by atoms with E-state index in [1.54, 1.807) is 18.5 Å². The molecule has 3 saturated carbocycles. The minimum absolute atomic E-state index is 0.143. The van der Waals surface area contributed by atoms with E-state index in [2.05, 4.69) is 19.9 Å². The zero-order valence-corrected chi connectivity index (χ0v) is 20.0. The van der Waals surface area contributed by atoms with Crippen LogP contribution in [0.5, 0.6) is 0 Å². The van der Waals surface area contributed by atoms with Gasteiger partial charge in [-0.25, -0.2) is 9.97 Å². The van der Waals surface area contributed by atoms with E-state index in [1.165, 1.54) is 19.3 Å². The first kappa shape index (κ1) is 24.5. The smallest absolute Gasteiger partial charge is 0.381 e. The third kappa shape index (κ3) is 4.78. The predicted molar refractivity (Wildman–Crippen MR) is 124 cm³/mol. The van der Waals surface area contributed by atoms with Gasteiger partial charge in [0.25, 0.3) is 0 Å². The van der Waals surface area contributed by atoms with Crippen molar-refractivity contribution in [2.45, 2.75) is 70.9 Å². The highest BCUT2D eigenvalue weighted by Crippen LogP contribution is 2.78. The first-order valence-corrected chi connectivity index (χ1v) is 11.8. The number of pyridine rings is 2. The molecule has 5 nitrogen and oxygen atoms in total. The molecule has 4 heterocycles. The Hall–Kier alpha value is -2.61. The van der Waals surface area contributed by atoms with Gasteiger partial charge in [0.15, 0.2) is 0 Å². The maximum Gasteiger partial charge on any atom is 0.394 e. The molecule has 4 aliphatic rings. The molecule has 2 bridgehead atoms. The van der Waals surface area contributed by atoms with Crippen molar-refractivity contribution in [2.24, 2.45) is 5.41 Å². The Morgan fingerprint density at radius 2 is 1.50 bits per heavy atom. The zero-order chi connectivity index (χ0) is 24.4. The van der Waals surface area contributed by atoms with Gasteiger partial charge in [-0.3, -0.25) is 9.97 Å². The molecule has 0 radical (unpaired) electrons. The fourth-order valence-corrected chi connectivity index (χ4v) is 5.02.